The zero-order chi connectivity index (χ0) is 13.3. The fourth-order valence-corrected chi connectivity index (χ4v) is 4.10. The lowest BCUT2D eigenvalue weighted by molar-refractivity contribution is 0.284. The second kappa shape index (κ2) is 5.46. The van der Waals surface area contributed by atoms with Crippen molar-refractivity contribution >= 4 is 37.6 Å². The first-order valence-corrected chi connectivity index (χ1v) is 8.21. The van der Waals surface area contributed by atoms with Gasteiger partial charge in [-0.05, 0) is 41.1 Å². The van der Waals surface area contributed by atoms with Gasteiger partial charge in [0, 0.05) is 30.1 Å². The number of nitrogens with one attached hydrogen (secondary N) is 1. The zero-order valence-electron chi connectivity index (χ0n) is 9.86. The number of sulfonamides is 1. The second-order valence-electron chi connectivity index (χ2n) is 4.24. The molecule has 0 aliphatic carbocycles. The molecule has 0 aromatic heterocycles. The quantitative estimate of drug-likeness (QED) is 0.885. The van der Waals surface area contributed by atoms with E-state index in [0.29, 0.717) is 29.1 Å². The highest BCUT2D eigenvalue weighted by Crippen LogP contribution is 2.27. The minimum Gasteiger partial charge on any atom is -0.314 e. The van der Waals surface area contributed by atoms with E-state index >= 15 is 0 Å². The van der Waals surface area contributed by atoms with Crippen LogP contribution in [0.3, 0.4) is 0 Å². The fourth-order valence-electron chi connectivity index (χ4n) is 1.95. The summed E-state index contributed by atoms with van der Waals surface area (Å²) in [5, 5.41) is 3.57. The normalized spacial score (nSPS) is 22.1. The second-order valence-corrected chi connectivity index (χ2v) is 7.40. The first-order chi connectivity index (χ1) is 8.43. The Morgan fingerprint density at radius 3 is 2.83 bits per heavy atom. The van der Waals surface area contributed by atoms with Crippen LogP contribution in [0.5, 0.6) is 0 Å². The van der Waals surface area contributed by atoms with E-state index < -0.39 is 10.0 Å². The SMILES string of the molecule is CC1CNCCN1S(=O)(=O)c1ccc(Br)c(Cl)c1. The van der Waals surface area contributed by atoms with Gasteiger partial charge in [0.05, 0.1) is 9.92 Å². The molecule has 0 spiro atoms. The standard InChI is InChI=1S/C11H14BrClN2O2S/c1-8-7-14-4-5-15(8)18(16,17)9-2-3-10(12)11(13)6-9/h2-3,6,8,14H,4-5,7H2,1H3. The van der Waals surface area contributed by atoms with Crippen molar-refractivity contribution in [3.8, 4) is 0 Å². The summed E-state index contributed by atoms with van der Waals surface area (Å²) in [7, 11) is -3.46. The first-order valence-electron chi connectivity index (χ1n) is 5.60. The fraction of sp³-hybridized carbons (Fsp3) is 0.455. The molecule has 1 aliphatic rings. The summed E-state index contributed by atoms with van der Waals surface area (Å²) in [5.74, 6) is 0. The Labute approximate surface area is 120 Å². The van der Waals surface area contributed by atoms with Crippen molar-refractivity contribution in [1.82, 2.24) is 9.62 Å². The predicted molar refractivity (Wildman–Crippen MR) is 75.4 cm³/mol. The van der Waals surface area contributed by atoms with Crippen LogP contribution in [-0.4, -0.2) is 38.4 Å². The summed E-state index contributed by atoms with van der Waals surface area (Å²) in [6.07, 6.45) is 0. The van der Waals surface area contributed by atoms with Gasteiger partial charge in [0.15, 0.2) is 0 Å². The van der Waals surface area contributed by atoms with Crippen LogP contribution >= 0.6 is 27.5 Å². The zero-order valence-corrected chi connectivity index (χ0v) is 13.0. The lowest BCUT2D eigenvalue weighted by Crippen LogP contribution is -2.52. The monoisotopic (exact) mass is 352 g/mol. The number of nitrogens with zero attached hydrogens (tertiary/aromatic N) is 1. The van der Waals surface area contributed by atoms with E-state index in [4.69, 9.17) is 11.6 Å². The smallest absolute Gasteiger partial charge is 0.243 e. The van der Waals surface area contributed by atoms with Crippen molar-refractivity contribution in [2.24, 2.45) is 0 Å². The van der Waals surface area contributed by atoms with Gasteiger partial charge in [0.25, 0.3) is 0 Å². The number of rotatable bonds is 2. The van der Waals surface area contributed by atoms with Gasteiger partial charge in [-0.1, -0.05) is 11.6 Å². The van der Waals surface area contributed by atoms with Gasteiger partial charge in [-0.3, -0.25) is 0 Å². The van der Waals surface area contributed by atoms with E-state index in [1.807, 2.05) is 6.92 Å². The molecule has 0 saturated carbocycles. The minimum atomic E-state index is -3.46. The molecule has 100 valence electrons. The van der Waals surface area contributed by atoms with Gasteiger partial charge < -0.3 is 5.32 Å². The van der Waals surface area contributed by atoms with Crippen molar-refractivity contribution in [3.63, 3.8) is 0 Å². The molecule has 0 radical (unpaired) electrons. The van der Waals surface area contributed by atoms with Crippen LogP contribution in [0.15, 0.2) is 27.6 Å². The largest absolute Gasteiger partial charge is 0.314 e. The number of halogens is 2. The molecule has 4 nitrogen and oxygen atoms in total. The van der Waals surface area contributed by atoms with E-state index in [-0.39, 0.29) is 10.9 Å². The van der Waals surface area contributed by atoms with Crippen molar-refractivity contribution < 1.29 is 8.42 Å². The predicted octanol–water partition coefficient (Wildman–Crippen LogP) is 2.08. The van der Waals surface area contributed by atoms with Gasteiger partial charge in [-0.2, -0.15) is 4.31 Å². The van der Waals surface area contributed by atoms with Gasteiger partial charge in [0.2, 0.25) is 10.0 Å². The molecule has 1 atom stereocenters. The molecule has 1 aromatic carbocycles. The Morgan fingerprint density at radius 2 is 2.22 bits per heavy atom. The molecule has 2 rings (SSSR count). The summed E-state index contributed by atoms with van der Waals surface area (Å²) in [6, 6.07) is 4.66. The van der Waals surface area contributed by atoms with Crippen LogP contribution < -0.4 is 5.32 Å². The average Bonchev–Trinajstić information content (AvgIpc) is 2.33. The van der Waals surface area contributed by atoms with Crippen molar-refractivity contribution in [1.29, 1.82) is 0 Å². The van der Waals surface area contributed by atoms with Crippen molar-refractivity contribution in [2.45, 2.75) is 17.9 Å². The Bertz CT molecular complexity index is 550. The summed E-state index contributed by atoms with van der Waals surface area (Å²) >= 11 is 9.21. The maximum absolute atomic E-state index is 12.5. The molecular weight excluding hydrogens is 340 g/mol. The third kappa shape index (κ3) is 2.72. The summed E-state index contributed by atoms with van der Waals surface area (Å²) in [4.78, 5) is 0.240. The van der Waals surface area contributed by atoms with Crippen LogP contribution in [0, 0.1) is 0 Å². The van der Waals surface area contributed by atoms with Gasteiger partial charge in [0.1, 0.15) is 0 Å². The molecule has 1 N–H and O–H groups in total. The molecule has 1 unspecified atom stereocenters. The Hall–Kier alpha value is -0.140. The van der Waals surface area contributed by atoms with Crippen molar-refractivity contribution in [2.75, 3.05) is 19.6 Å². The lowest BCUT2D eigenvalue weighted by Gasteiger charge is -2.32. The minimum absolute atomic E-state index is 0.0498. The number of hydrogen-bond donors (Lipinski definition) is 1. The molecule has 1 fully saturated rings. The van der Waals surface area contributed by atoms with Crippen LogP contribution in [0.4, 0.5) is 0 Å². The molecular formula is C11H14BrClN2O2S. The van der Waals surface area contributed by atoms with Crippen LogP contribution in [0.2, 0.25) is 5.02 Å². The third-order valence-electron chi connectivity index (χ3n) is 2.94. The van der Waals surface area contributed by atoms with Crippen molar-refractivity contribution in [3.05, 3.63) is 27.7 Å². The lowest BCUT2D eigenvalue weighted by atomic mass is 10.3. The number of piperazine rings is 1. The Balaban J connectivity index is 2.37. The Morgan fingerprint density at radius 1 is 1.50 bits per heavy atom. The number of benzene rings is 1. The summed E-state index contributed by atoms with van der Waals surface area (Å²) in [6.45, 7) is 3.72. The summed E-state index contributed by atoms with van der Waals surface area (Å²) < 4.78 is 27.2. The molecule has 1 aromatic rings. The third-order valence-corrected chi connectivity index (χ3v) is 6.18. The van der Waals surface area contributed by atoms with Gasteiger partial charge >= 0.3 is 0 Å². The molecule has 1 aliphatic heterocycles. The first kappa shape index (κ1) is 14.3. The van der Waals surface area contributed by atoms with E-state index in [0.717, 1.165) is 0 Å². The topological polar surface area (TPSA) is 49.4 Å². The highest BCUT2D eigenvalue weighted by atomic mass is 79.9. The number of hydrogen-bond acceptors (Lipinski definition) is 3. The molecule has 0 amide bonds. The average molecular weight is 354 g/mol. The van der Waals surface area contributed by atoms with Gasteiger partial charge in [-0.15, -0.1) is 0 Å². The van der Waals surface area contributed by atoms with E-state index in [1.165, 1.54) is 10.4 Å². The Kier molecular flexibility index (Phi) is 4.33. The van der Waals surface area contributed by atoms with Gasteiger partial charge in [-0.25, -0.2) is 8.42 Å². The highest BCUT2D eigenvalue weighted by molar-refractivity contribution is 9.10. The molecule has 1 saturated heterocycles. The molecule has 0 bridgehead atoms. The molecule has 7 heteroatoms. The van der Waals surface area contributed by atoms with E-state index in [1.54, 1.807) is 12.1 Å². The van der Waals surface area contributed by atoms with E-state index in [2.05, 4.69) is 21.2 Å². The van der Waals surface area contributed by atoms with Crippen LogP contribution in [0.1, 0.15) is 6.92 Å². The van der Waals surface area contributed by atoms with Crippen LogP contribution in [-0.2, 0) is 10.0 Å². The maximum Gasteiger partial charge on any atom is 0.243 e. The molecule has 1 heterocycles. The maximum atomic E-state index is 12.5. The van der Waals surface area contributed by atoms with Crippen LogP contribution in [0.25, 0.3) is 0 Å². The molecule has 18 heavy (non-hydrogen) atoms. The van der Waals surface area contributed by atoms with E-state index in [9.17, 15) is 8.42 Å². The highest BCUT2D eigenvalue weighted by Gasteiger charge is 2.31. The summed E-state index contributed by atoms with van der Waals surface area (Å²) in [5.41, 5.74) is 0.